The summed E-state index contributed by atoms with van der Waals surface area (Å²) in [5.74, 6) is 0.311. The van der Waals surface area contributed by atoms with Crippen LogP contribution in [0.25, 0.3) is 11.0 Å². The molecule has 0 radical (unpaired) electrons. The number of methoxy groups -OCH3 is 1. The van der Waals surface area contributed by atoms with E-state index in [0.717, 1.165) is 10.9 Å². The van der Waals surface area contributed by atoms with E-state index in [2.05, 4.69) is 5.32 Å². The lowest BCUT2D eigenvalue weighted by atomic mass is 10.0. The number of phenolic OH excluding ortho intramolecular Hbond substituents is 1. The number of para-hydroxylation sites is 2. The van der Waals surface area contributed by atoms with Crippen LogP contribution in [0.15, 0.2) is 51.7 Å². The van der Waals surface area contributed by atoms with Crippen LogP contribution in [0.4, 0.5) is 5.69 Å². The Hall–Kier alpha value is -3.28. The topological polar surface area (TPSA) is 88.8 Å². The summed E-state index contributed by atoms with van der Waals surface area (Å²) in [5.41, 5.74) is 1.59. The first-order chi connectivity index (χ1) is 12.5. The lowest BCUT2D eigenvalue weighted by Gasteiger charge is -2.10. The molecule has 0 aliphatic carbocycles. The molecule has 0 fully saturated rings. The average molecular weight is 353 g/mol. The lowest BCUT2D eigenvalue weighted by Crippen LogP contribution is -2.16. The standard InChI is InChI=1S/C20H19NO5/c1-12-14-8-7-13(25-2)11-18(14)26-20(24)15(12)9-10-19(23)21-16-5-3-4-6-17(16)22/h3-8,11,22H,9-10H2,1-2H3,(H,21,23). The van der Waals surface area contributed by atoms with Gasteiger partial charge >= 0.3 is 5.63 Å². The molecule has 0 saturated heterocycles. The van der Waals surface area contributed by atoms with Crippen LogP contribution in [0.2, 0.25) is 0 Å². The second kappa shape index (κ2) is 7.31. The van der Waals surface area contributed by atoms with Crippen molar-refractivity contribution in [3.8, 4) is 11.5 Å². The molecule has 3 aromatic rings. The molecule has 6 heteroatoms. The van der Waals surface area contributed by atoms with Gasteiger partial charge in [0.05, 0.1) is 12.8 Å². The first kappa shape index (κ1) is 17.5. The van der Waals surface area contributed by atoms with Gasteiger partial charge in [-0.05, 0) is 43.2 Å². The lowest BCUT2D eigenvalue weighted by molar-refractivity contribution is -0.116. The van der Waals surface area contributed by atoms with Crippen LogP contribution >= 0.6 is 0 Å². The normalized spacial score (nSPS) is 10.7. The van der Waals surface area contributed by atoms with Crippen LogP contribution in [-0.2, 0) is 11.2 Å². The number of nitrogens with one attached hydrogen (secondary N) is 1. The Morgan fingerprint density at radius 1 is 1.23 bits per heavy atom. The highest BCUT2D eigenvalue weighted by molar-refractivity contribution is 5.92. The van der Waals surface area contributed by atoms with E-state index in [9.17, 15) is 14.7 Å². The summed E-state index contributed by atoms with van der Waals surface area (Å²) in [5, 5.41) is 13.1. The molecule has 2 N–H and O–H groups in total. The van der Waals surface area contributed by atoms with Crippen LogP contribution in [0.5, 0.6) is 11.5 Å². The van der Waals surface area contributed by atoms with Gasteiger partial charge in [-0.1, -0.05) is 12.1 Å². The number of hydrogen-bond donors (Lipinski definition) is 2. The molecule has 0 atom stereocenters. The molecule has 0 bridgehead atoms. The monoisotopic (exact) mass is 353 g/mol. The van der Waals surface area contributed by atoms with E-state index >= 15 is 0 Å². The van der Waals surface area contributed by atoms with Gasteiger partial charge in [-0.3, -0.25) is 4.79 Å². The fraction of sp³-hybridized carbons (Fsp3) is 0.200. The van der Waals surface area contributed by atoms with Crippen molar-refractivity contribution >= 4 is 22.6 Å². The SMILES string of the molecule is COc1ccc2c(C)c(CCC(=O)Nc3ccccc3O)c(=O)oc2c1. The number of ether oxygens (including phenoxy) is 1. The van der Waals surface area contributed by atoms with E-state index in [1.165, 1.54) is 6.07 Å². The third-order valence-electron chi connectivity index (χ3n) is 4.27. The summed E-state index contributed by atoms with van der Waals surface area (Å²) in [6.07, 6.45) is 0.344. The Bertz CT molecular complexity index is 1020. The Labute approximate surface area is 150 Å². The number of phenols is 1. The molecule has 0 aliphatic rings. The molecule has 0 saturated carbocycles. The highest BCUT2D eigenvalue weighted by Crippen LogP contribution is 2.25. The minimum Gasteiger partial charge on any atom is -0.506 e. The van der Waals surface area contributed by atoms with Crippen molar-refractivity contribution in [3.63, 3.8) is 0 Å². The van der Waals surface area contributed by atoms with Gasteiger partial charge in [0.25, 0.3) is 0 Å². The molecular formula is C20H19NO5. The van der Waals surface area contributed by atoms with Gasteiger partial charge in [-0.2, -0.15) is 0 Å². The number of carbonyl (C=O) groups excluding carboxylic acids is 1. The van der Waals surface area contributed by atoms with E-state index in [-0.39, 0.29) is 24.5 Å². The largest absolute Gasteiger partial charge is 0.506 e. The quantitative estimate of drug-likeness (QED) is 0.542. The van der Waals surface area contributed by atoms with E-state index < -0.39 is 5.63 Å². The third kappa shape index (κ3) is 3.54. The van der Waals surface area contributed by atoms with Crippen LogP contribution < -0.4 is 15.7 Å². The molecule has 134 valence electrons. The zero-order valence-corrected chi connectivity index (χ0v) is 14.5. The third-order valence-corrected chi connectivity index (χ3v) is 4.27. The summed E-state index contributed by atoms with van der Waals surface area (Å²) < 4.78 is 10.5. The maximum atomic E-state index is 12.3. The summed E-state index contributed by atoms with van der Waals surface area (Å²) in [4.78, 5) is 24.4. The van der Waals surface area contributed by atoms with Gasteiger partial charge < -0.3 is 19.6 Å². The van der Waals surface area contributed by atoms with Gasteiger partial charge in [0.2, 0.25) is 5.91 Å². The highest BCUT2D eigenvalue weighted by atomic mass is 16.5. The van der Waals surface area contributed by atoms with Crippen molar-refractivity contribution in [3.05, 3.63) is 64.0 Å². The molecule has 1 amide bonds. The van der Waals surface area contributed by atoms with E-state index in [1.54, 1.807) is 37.4 Å². The molecule has 1 heterocycles. The van der Waals surface area contributed by atoms with Gasteiger partial charge in [0, 0.05) is 23.4 Å². The zero-order chi connectivity index (χ0) is 18.7. The Balaban J connectivity index is 1.79. The number of aromatic hydroxyl groups is 1. The molecule has 0 unspecified atom stereocenters. The fourth-order valence-corrected chi connectivity index (χ4v) is 2.82. The van der Waals surface area contributed by atoms with Crippen LogP contribution in [0.3, 0.4) is 0 Å². The van der Waals surface area contributed by atoms with E-state index in [4.69, 9.17) is 9.15 Å². The van der Waals surface area contributed by atoms with Crippen molar-refractivity contribution in [1.82, 2.24) is 0 Å². The first-order valence-electron chi connectivity index (χ1n) is 8.17. The van der Waals surface area contributed by atoms with Crippen molar-refractivity contribution in [2.45, 2.75) is 19.8 Å². The minimum atomic E-state index is -0.460. The number of amides is 1. The second-order valence-electron chi connectivity index (χ2n) is 5.92. The second-order valence-corrected chi connectivity index (χ2v) is 5.92. The number of aryl methyl sites for hydroxylation is 1. The predicted molar refractivity (Wildman–Crippen MR) is 98.8 cm³/mol. The molecular weight excluding hydrogens is 334 g/mol. The summed E-state index contributed by atoms with van der Waals surface area (Å²) in [6, 6.07) is 11.8. The van der Waals surface area contributed by atoms with Gasteiger partial charge in [-0.15, -0.1) is 0 Å². The number of rotatable bonds is 5. The van der Waals surface area contributed by atoms with Crippen molar-refractivity contribution in [2.24, 2.45) is 0 Å². The molecule has 0 spiro atoms. The Morgan fingerprint density at radius 2 is 2.00 bits per heavy atom. The number of carbonyl (C=O) groups is 1. The van der Waals surface area contributed by atoms with Crippen molar-refractivity contribution in [2.75, 3.05) is 12.4 Å². The molecule has 3 rings (SSSR count). The van der Waals surface area contributed by atoms with Crippen LogP contribution in [-0.4, -0.2) is 18.1 Å². The molecule has 26 heavy (non-hydrogen) atoms. The summed E-state index contributed by atoms with van der Waals surface area (Å²) in [6.45, 7) is 1.84. The number of benzene rings is 2. The van der Waals surface area contributed by atoms with Crippen LogP contribution in [0, 0.1) is 6.92 Å². The number of hydrogen-bond acceptors (Lipinski definition) is 5. The minimum absolute atomic E-state index is 0.00352. The summed E-state index contributed by atoms with van der Waals surface area (Å²) in [7, 11) is 1.55. The van der Waals surface area contributed by atoms with Crippen molar-refractivity contribution in [1.29, 1.82) is 0 Å². The van der Waals surface area contributed by atoms with Crippen molar-refractivity contribution < 1.29 is 19.1 Å². The molecule has 1 aromatic heterocycles. The highest BCUT2D eigenvalue weighted by Gasteiger charge is 2.14. The maximum Gasteiger partial charge on any atom is 0.339 e. The number of fused-ring (bicyclic) bond motifs is 1. The van der Waals surface area contributed by atoms with Gasteiger partial charge in [0.1, 0.15) is 17.1 Å². The van der Waals surface area contributed by atoms with Gasteiger partial charge in [-0.25, -0.2) is 4.79 Å². The van der Waals surface area contributed by atoms with Gasteiger partial charge in [0.15, 0.2) is 0 Å². The Morgan fingerprint density at radius 3 is 2.73 bits per heavy atom. The zero-order valence-electron chi connectivity index (χ0n) is 14.5. The predicted octanol–water partition coefficient (Wildman–Crippen LogP) is 3.39. The smallest absolute Gasteiger partial charge is 0.339 e. The maximum absolute atomic E-state index is 12.3. The van der Waals surface area contributed by atoms with E-state index in [1.807, 2.05) is 13.0 Å². The average Bonchev–Trinajstić information content (AvgIpc) is 2.63. The molecule has 2 aromatic carbocycles. The van der Waals surface area contributed by atoms with Crippen LogP contribution in [0.1, 0.15) is 17.5 Å². The molecule has 6 nitrogen and oxygen atoms in total. The Kier molecular flexibility index (Phi) is 4.93. The first-order valence-corrected chi connectivity index (χ1v) is 8.17. The number of anilines is 1. The van der Waals surface area contributed by atoms with E-state index in [0.29, 0.717) is 22.6 Å². The molecule has 0 aliphatic heterocycles. The fourth-order valence-electron chi connectivity index (χ4n) is 2.82. The summed E-state index contributed by atoms with van der Waals surface area (Å²) >= 11 is 0.